The number of aliphatic imine (C=N–C) groups is 1. The minimum atomic E-state index is -1.19. The van der Waals surface area contributed by atoms with E-state index in [0.29, 0.717) is 19.4 Å². The summed E-state index contributed by atoms with van der Waals surface area (Å²) in [4.78, 5) is 97.9. The molecular weight excluding hydrogens is 696 g/mol. The summed E-state index contributed by atoms with van der Waals surface area (Å²) in [6.07, 6.45) is 0.0959. The van der Waals surface area contributed by atoms with Crippen molar-refractivity contribution >= 4 is 46.8 Å². The van der Waals surface area contributed by atoms with E-state index in [1.54, 1.807) is 27.7 Å². The van der Waals surface area contributed by atoms with Gasteiger partial charge in [0, 0.05) is 57.3 Å². The number of rotatable bonds is 9. The molecule has 2 rings (SSSR count). The van der Waals surface area contributed by atoms with Crippen molar-refractivity contribution in [1.82, 2.24) is 16.0 Å². The summed E-state index contributed by atoms with van der Waals surface area (Å²) in [5, 5.41) is 19.1. The number of ether oxygens (including phenoxy) is 2. The molecule has 14 heteroatoms. The predicted molar refractivity (Wildman–Crippen MR) is 204 cm³/mol. The molecule has 5 atom stereocenters. The van der Waals surface area contributed by atoms with Gasteiger partial charge in [-0.2, -0.15) is 0 Å². The van der Waals surface area contributed by atoms with E-state index < -0.39 is 70.4 Å². The van der Waals surface area contributed by atoms with Gasteiger partial charge in [0.05, 0.1) is 42.3 Å². The van der Waals surface area contributed by atoms with E-state index in [0.717, 1.165) is 0 Å². The first-order chi connectivity index (χ1) is 25.0. The number of aliphatic hydroxyl groups is 1. The van der Waals surface area contributed by atoms with Crippen LogP contribution in [0.3, 0.4) is 0 Å². The van der Waals surface area contributed by atoms with Gasteiger partial charge in [-0.3, -0.25) is 38.6 Å². The molecule has 0 aromatic carbocycles. The topological polar surface area (TPSA) is 207 Å². The Kier molecular flexibility index (Phi) is 17.7. The van der Waals surface area contributed by atoms with Gasteiger partial charge in [-0.15, -0.1) is 0 Å². The summed E-state index contributed by atoms with van der Waals surface area (Å²) in [5.41, 5.74) is -0.805. The smallest absolute Gasteiger partial charge is 0.309 e. The molecule has 1 aliphatic carbocycles. The minimum Gasteiger partial charge on any atom is -0.511 e. The molecule has 1 fully saturated rings. The highest BCUT2D eigenvalue weighted by molar-refractivity contribution is 6.22. The molecule has 54 heavy (non-hydrogen) atoms. The molecule has 1 aliphatic heterocycles. The number of allylic oxidation sites excluding steroid dienone is 2. The van der Waals surface area contributed by atoms with E-state index in [1.165, 1.54) is 7.11 Å². The first-order valence-electron chi connectivity index (χ1n) is 19.2. The standard InChI is InChI=1S/C40H64N4O10/c1-23(2)26(38(52)53-10)19-30(45)29-14-15-34(49)42-18-16-35(50)41-17-12-11-13-28(43-24(3)36-32(47)21-40(8,9)22-33(36)48)31(46)20-27(37(51)44-29)25(4)54-39(5,6)7/h23,25-29,47H,11-22H2,1-10H3,(H,41,50)(H,42,49)(H,44,51)/t25?,26?,27-,28-,29?/m0/s1. The number of nitrogens with one attached hydrogen (secondary N) is 3. The van der Waals surface area contributed by atoms with Crippen LogP contribution in [-0.2, 0) is 43.0 Å². The van der Waals surface area contributed by atoms with Crippen LogP contribution in [0.15, 0.2) is 16.3 Å². The van der Waals surface area contributed by atoms with Gasteiger partial charge in [0.2, 0.25) is 17.7 Å². The van der Waals surface area contributed by atoms with Gasteiger partial charge in [0.1, 0.15) is 11.8 Å². The van der Waals surface area contributed by atoms with E-state index in [-0.39, 0.29) is 92.6 Å². The van der Waals surface area contributed by atoms with E-state index >= 15 is 0 Å². The molecule has 4 N–H and O–H groups in total. The molecule has 2 aliphatic rings. The van der Waals surface area contributed by atoms with Crippen LogP contribution in [0.4, 0.5) is 0 Å². The lowest BCUT2D eigenvalue weighted by Gasteiger charge is -2.32. The van der Waals surface area contributed by atoms with Gasteiger partial charge < -0.3 is 30.5 Å². The van der Waals surface area contributed by atoms with Crippen molar-refractivity contribution in [1.29, 1.82) is 0 Å². The van der Waals surface area contributed by atoms with E-state index in [9.17, 15) is 38.7 Å². The van der Waals surface area contributed by atoms with Crippen molar-refractivity contribution in [3.63, 3.8) is 0 Å². The predicted octanol–water partition coefficient (Wildman–Crippen LogP) is 4.27. The number of methoxy groups -OCH3 is 1. The number of ketones is 3. The average molecular weight is 761 g/mol. The maximum absolute atomic E-state index is 14.3. The van der Waals surface area contributed by atoms with Crippen molar-refractivity contribution in [2.24, 2.45) is 28.2 Å². The van der Waals surface area contributed by atoms with Crippen LogP contribution in [0.1, 0.15) is 127 Å². The third kappa shape index (κ3) is 15.1. The molecule has 0 bridgehead atoms. The summed E-state index contributed by atoms with van der Waals surface area (Å²) < 4.78 is 11.1. The summed E-state index contributed by atoms with van der Waals surface area (Å²) >= 11 is 0. The highest BCUT2D eigenvalue weighted by atomic mass is 16.5. The Hall–Kier alpha value is -3.94. The summed E-state index contributed by atoms with van der Waals surface area (Å²) in [5.74, 6) is -5.27. The van der Waals surface area contributed by atoms with Crippen molar-refractivity contribution in [3.05, 3.63) is 11.3 Å². The summed E-state index contributed by atoms with van der Waals surface area (Å²) in [6, 6.07) is -2.18. The quantitative estimate of drug-likeness (QED) is 0.194. The molecular formula is C40H64N4O10. The Balaban J connectivity index is 2.59. The second-order valence-corrected chi connectivity index (χ2v) is 16.8. The maximum atomic E-state index is 14.3. The van der Waals surface area contributed by atoms with Crippen molar-refractivity contribution in [2.75, 3.05) is 20.2 Å². The Bertz CT molecular complexity index is 1460. The Labute approximate surface area is 320 Å². The number of aliphatic hydroxyl groups excluding tert-OH is 1. The van der Waals surface area contributed by atoms with Crippen LogP contribution < -0.4 is 16.0 Å². The van der Waals surface area contributed by atoms with Gasteiger partial charge in [-0.1, -0.05) is 27.7 Å². The van der Waals surface area contributed by atoms with E-state index in [4.69, 9.17) is 14.5 Å². The molecule has 304 valence electrons. The number of esters is 1. The zero-order valence-corrected chi connectivity index (χ0v) is 34.0. The third-order valence-corrected chi connectivity index (χ3v) is 9.80. The molecule has 3 unspecified atom stereocenters. The number of hydrogen-bond acceptors (Lipinski definition) is 11. The molecule has 0 aromatic rings. The molecule has 1 saturated heterocycles. The lowest BCUT2D eigenvalue weighted by atomic mass is 9.75. The first-order valence-corrected chi connectivity index (χ1v) is 19.2. The summed E-state index contributed by atoms with van der Waals surface area (Å²) in [6.45, 7) is 16.4. The summed E-state index contributed by atoms with van der Waals surface area (Å²) in [7, 11) is 1.23. The van der Waals surface area contributed by atoms with E-state index in [2.05, 4.69) is 16.0 Å². The number of nitrogens with zero attached hydrogens (tertiary/aromatic N) is 1. The van der Waals surface area contributed by atoms with Crippen LogP contribution in [0, 0.1) is 23.2 Å². The zero-order chi connectivity index (χ0) is 41.0. The van der Waals surface area contributed by atoms with Crippen LogP contribution in [0.25, 0.3) is 0 Å². The largest absolute Gasteiger partial charge is 0.511 e. The van der Waals surface area contributed by atoms with Crippen LogP contribution in [0.5, 0.6) is 0 Å². The molecule has 0 saturated carbocycles. The average Bonchev–Trinajstić information content (AvgIpc) is 3.04. The van der Waals surface area contributed by atoms with Crippen molar-refractivity contribution in [3.8, 4) is 0 Å². The lowest BCUT2D eigenvalue weighted by molar-refractivity contribution is -0.149. The van der Waals surface area contributed by atoms with E-state index in [1.807, 2.05) is 34.6 Å². The monoisotopic (exact) mass is 760 g/mol. The second kappa shape index (κ2) is 20.7. The molecule has 0 spiro atoms. The van der Waals surface area contributed by atoms with Crippen molar-refractivity contribution in [2.45, 2.75) is 150 Å². The number of carbonyl (C=O) groups excluding carboxylic acids is 7. The number of amides is 3. The number of Topliss-reactive ketones (excluding diaryl/α,β-unsaturated/α-hetero) is 3. The molecule has 3 amide bonds. The Morgan fingerprint density at radius 1 is 0.944 bits per heavy atom. The fraction of sp³-hybridized carbons (Fsp3) is 0.750. The highest BCUT2D eigenvalue weighted by Gasteiger charge is 2.38. The van der Waals surface area contributed by atoms with Gasteiger partial charge in [-0.25, -0.2) is 0 Å². The maximum Gasteiger partial charge on any atom is 0.309 e. The number of hydrogen-bond donors (Lipinski definition) is 4. The van der Waals surface area contributed by atoms with Gasteiger partial charge in [-0.05, 0) is 71.6 Å². The Morgan fingerprint density at radius 3 is 2.17 bits per heavy atom. The molecule has 0 radical (unpaired) electrons. The molecule has 1 heterocycles. The normalized spacial score (nSPS) is 24.7. The molecule has 0 aromatic heterocycles. The van der Waals surface area contributed by atoms with Gasteiger partial charge in [0.25, 0.3) is 0 Å². The van der Waals surface area contributed by atoms with Gasteiger partial charge in [0.15, 0.2) is 17.3 Å². The van der Waals surface area contributed by atoms with Crippen molar-refractivity contribution < 1.29 is 48.1 Å². The van der Waals surface area contributed by atoms with Crippen LogP contribution in [-0.4, -0.2) is 95.8 Å². The zero-order valence-electron chi connectivity index (χ0n) is 34.0. The first kappa shape index (κ1) is 46.2. The fourth-order valence-corrected chi connectivity index (χ4v) is 6.91. The third-order valence-electron chi connectivity index (χ3n) is 9.80. The number of carbonyl (C=O) groups is 7. The fourth-order valence-electron chi connectivity index (χ4n) is 6.91. The van der Waals surface area contributed by atoms with Crippen LogP contribution >= 0.6 is 0 Å². The minimum absolute atomic E-state index is 0.0292. The van der Waals surface area contributed by atoms with Gasteiger partial charge >= 0.3 is 5.97 Å². The van der Waals surface area contributed by atoms with Crippen LogP contribution in [0.2, 0.25) is 0 Å². The second-order valence-electron chi connectivity index (χ2n) is 16.8. The lowest BCUT2D eigenvalue weighted by Crippen LogP contribution is -2.49. The SMILES string of the molecule is COC(=O)C(CC(=O)C1CCC(=O)NCCC(=O)NCCCC[C@H](N=C(C)C2=C(O)CC(C)(C)CC2=O)C(=O)C[C@@H](C(C)OC(C)(C)C)C(=O)N1)C(C)C. The Morgan fingerprint density at radius 2 is 1.57 bits per heavy atom. The molecule has 14 nitrogen and oxygen atoms in total. The highest BCUT2D eigenvalue weighted by Crippen LogP contribution is 2.36.